The number of benzene rings is 2. The van der Waals surface area contributed by atoms with Crippen molar-refractivity contribution in [3.05, 3.63) is 42.5 Å². The summed E-state index contributed by atoms with van der Waals surface area (Å²) in [6.45, 7) is 8.96. The van der Waals surface area contributed by atoms with E-state index in [1.807, 2.05) is 32.9 Å². The zero-order valence-corrected chi connectivity index (χ0v) is 33.9. The van der Waals surface area contributed by atoms with E-state index in [0.717, 1.165) is 43.9 Å². The maximum atomic E-state index is 13.6. The van der Waals surface area contributed by atoms with Gasteiger partial charge >= 0.3 is 18.2 Å². The highest BCUT2D eigenvalue weighted by Gasteiger charge is 2.30. The van der Waals surface area contributed by atoms with Crippen LogP contribution in [0.25, 0.3) is 10.8 Å². The van der Waals surface area contributed by atoms with Crippen LogP contribution in [-0.4, -0.2) is 111 Å². The largest absolute Gasteiger partial charge is 0.465 e. The fraction of sp³-hybridized carbons (Fsp3) is 0.625. The molecule has 0 aromatic heterocycles. The molecule has 2 aliphatic rings. The number of piperidine rings is 2. The zero-order valence-electron chi connectivity index (χ0n) is 33.1. The molecule has 4 amide bonds. The van der Waals surface area contributed by atoms with Crippen LogP contribution in [0.1, 0.15) is 85.5 Å². The molecule has 0 aliphatic carbocycles. The number of carbonyl (C=O) groups is 5. The lowest BCUT2D eigenvalue weighted by atomic mass is 9.84. The molecule has 2 fully saturated rings. The summed E-state index contributed by atoms with van der Waals surface area (Å²) in [7, 11) is -4.16. The van der Waals surface area contributed by atoms with Gasteiger partial charge in [-0.2, -0.15) is 4.72 Å². The Bertz CT molecular complexity index is 1770. The van der Waals surface area contributed by atoms with Crippen molar-refractivity contribution in [2.75, 3.05) is 45.9 Å². The molecule has 0 radical (unpaired) electrons. The summed E-state index contributed by atoms with van der Waals surface area (Å²) < 4.78 is 39.5. The Morgan fingerprint density at radius 3 is 2.02 bits per heavy atom. The summed E-state index contributed by atoms with van der Waals surface area (Å²) in [5.41, 5.74) is -0.566. The maximum absolute atomic E-state index is 13.6. The number of rotatable bonds is 17. The second kappa shape index (κ2) is 20.6. The minimum absolute atomic E-state index is 0.0149. The van der Waals surface area contributed by atoms with E-state index < -0.39 is 39.6 Å². The quantitative estimate of drug-likeness (QED) is 0.160. The number of hydrogen-bond acceptors (Lipinski definition) is 9. The second-order valence-electron chi connectivity index (χ2n) is 15.8. The molecule has 310 valence electrons. The van der Waals surface area contributed by atoms with Crippen LogP contribution < -0.4 is 15.4 Å². The lowest BCUT2D eigenvalue weighted by molar-refractivity contribution is -0.145. The van der Waals surface area contributed by atoms with E-state index in [4.69, 9.17) is 9.47 Å². The van der Waals surface area contributed by atoms with E-state index in [9.17, 15) is 37.5 Å². The molecule has 2 aliphatic heterocycles. The SMILES string of the molecule is CCOC(=O)C(CNC(=O)CCNC(=O)C(CCC1CCN(C(=O)O)CC1)CCC1CCN(C(=O)OC(C)(C)C)CC1)NS(=O)(=O)c1ccc2ccccc2c1. The van der Waals surface area contributed by atoms with E-state index in [0.29, 0.717) is 56.2 Å². The highest BCUT2D eigenvalue weighted by atomic mass is 32.2. The maximum Gasteiger partial charge on any atom is 0.410 e. The van der Waals surface area contributed by atoms with Gasteiger partial charge in [0.05, 0.1) is 11.5 Å². The molecule has 0 spiro atoms. The van der Waals surface area contributed by atoms with Gasteiger partial charge in [0.2, 0.25) is 21.8 Å². The Kier molecular flexibility index (Phi) is 16.3. The van der Waals surface area contributed by atoms with E-state index in [2.05, 4.69) is 15.4 Å². The van der Waals surface area contributed by atoms with Crippen molar-refractivity contribution in [3.63, 3.8) is 0 Å². The summed E-state index contributed by atoms with van der Waals surface area (Å²) in [5.74, 6) is -1.13. The molecule has 2 unspecified atom stereocenters. The average Bonchev–Trinajstić information content (AvgIpc) is 3.16. The van der Waals surface area contributed by atoms with Crippen LogP contribution in [0.3, 0.4) is 0 Å². The smallest absolute Gasteiger partial charge is 0.410 e. The summed E-state index contributed by atoms with van der Waals surface area (Å²) in [4.78, 5) is 66.2. The predicted octanol–water partition coefficient (Wildman–Crippen LogP) is 4.89. The molecule has 4 rings (SSSR count). The number of nitrogens with zero attached hydrogens (tertiary/aromatic N) is 2. The molecule has 15 nitrogen and oxygen atoms in total. The second-order valence-corrected chi connectivity index (χ2v) is 17.5. The van der Waals surface area contributed by atoms with Crippen molar-refractivity contribution in [2.45, 2.75) is 102 Å². The van der Waals surface area contributed by atoms with Gasteiger partial charge in [0.15, 0.2) is 0 Å². The third-order valence-electron chi connectivity index (χ3n) is 10.4. The molecule has 2 aromatic rings. The monoisotopic (exact) mass is 801 g/mol. The average molecular weight is 802 g/mol. The van der Waals surface area contributed by atoms with Crippen LogP contribution >= 0.6 is 0 Å². The van der Waals surface area contributed by atoms with E-state index in [-0.39, 0.29) is 48.9 Å². The van der Waals surface area contributed by atoms with Gasteiger partial charge in [0.25, 0.3) is 0 Å². The van der Waals surface area contributed by atoms with Crippen molar-refractivity contribution in [2.24, 2.45) is 17.8 Å². The topological polar surface area (TPSA) is 201 Å². The first-order chi connectivity index (χ1) is 26.5. The van der Waals surface area contributed by atoms with Crippen molar-refractivity contribution < 1.29 is 47.0 Å². The fourth-order valence-electron chi connectivity index (χ4n) is 7.18. The fourth-order valence-corrected chi connectivity index (χ4v) is 8.40. The first kappa shape index (κ1) is 44.3. The van der Waals surface area contributed by atoms with Crippen molar-refractivity contribution in [3.8, 4) is 0 Å². The van der Waals surface area contributed by atoms with Crippen LogP contribution in [-0.2, 0) is 33.9 Å². The number of likely N-dealkylation sites (tertiary alicyclic amines) is 2. The normalized spacial score (nSPS) is 16.9. The molecule has 56 heavy (non-hydrogen) atoms. The Labute approximate surface area is 330 Å². The van der Waals surface area contributed by atoms with Crippen LogP contribution in [0, 0.1) is 17.8 Å². The Hall–Kier alpha value is -4.44. The van der Waals surface area contributed by atoms with Gasteiger partial charge in [-0.1, -0.05) is 30.3 Å². The number of amides is 4. The third-order valence-corrected chi connectivity index (χ3v) is 11.9. The van der Waals surface area contributed by atoms with Gasteiger partial charge < -0.3 is 35.0 Å². The summed E-state index contributed by atoms with van der Waals surface area (Å²) >= 11 is 0. The van der Waals surface area contributed by atoms with Crippen molar-refractivity contribution >= 4 is 50.8 Å². The van der Waals surface area contributed by atoms with E-state index >= 15 is 0 Å². The summed E-state index contributed by atoms with van der Waals surface area (Å²) in [5, 5.41) is 16.4. The Balaban J connectivity index is 1.29. The summed E-state index contributed by atoms with van der Waals surface area (Å²) in [6.07, 6.45) is 4.65. The lowest BCUT2D eigenvalue weighted by Gasteiger charge is -2.34. The highest BCUT2D eigenvalue weighted by Crippen LogP contribution is 2.30. The Morgan fingerprint density at radius 2 is 1.45 bits per heavy atom. The number of ether oxygens (including phenoxy) is 2. The molecule has 0 bridgehead atoms. The molecule has 2 aromatic carbocycles. The third kappa shape index (κ3) is 13.9. The van der Waals surface area contributed by atoms with E-state index in [1.54, 1.807) is 30.0 Å². The van der Waals surface area contributed by atoms with Crippen LogP contribution in [0.2, 0.25) is 0 Å². The predicted molar refractivity (Wildman–Crippen MR) is 210 cm³/mol. The number of fused-ring (bicyclic) bond motifs is 1. The van der Waals surface area contributed by atoms with Gasteiger partial charge in [-0.25, -0.2) is 18.0 Å². The molecule has 2 atom stereocenters. The first-order valence-corrected chi connectivity index (χ1v) is 21.2. The number of nitrogens with one attached hydrogen (secondary N) is 3. The van der Waals surface area contributed by atoms with Gasteiger partial charge in [-0.15, -0.1) is 0 Å². The number of sulfonamides is 1. The van der Waals surface area contributed by atoms with Gasteiger partial charge in [-0.05, 0) is 114 Å². The van der Waals surface area contributed by atoms with Crippen LogP contribution in [0.15, 0.2) is 47.4 Å². The number of carbonyl (C=O) groups excluding carboxylic acids is 4. The summed E-state index contributed by atoms with van der Waals surface area (Å²) in [6, 6.07) is 10.5. The molecule has 0 saturated carbocycles. The highest BCUT2D eigenvalue weighted by molar-refractivity contribution is 7.89. The zero-order chi connectivity index (χ0) is 40.9. The number of carboxylic acid groups (broad SMARTS) is 1. The molecule has 2 heterocycles. The molecule has 16 heteroatoms. The van der Waals surface area contributed by atoms with Crippen LogP contribution in [0.5, 0.6) is 0 Å². The minimum atomic E-state index is -4.16. The standard InChI is InChI=1S/C40H59N5O10S/c1-5-54-37(48)34(43-56(52,53)33-15-14-30-8-6-7-9-32(30)26-33)27-42-35(46)16-21-41-36(47)31(12-10-28-17-22-44(23-18-28)38(49)50)13-11-29-19-24-45(25-20-29)39(51)55-40(2,3)4/h6-9,14-15,26,28-29,31,34,43H,5,10-13,16-25,27H2,1-4H3,(H,41,47)(H,42,46)(H,49,50). The van der Waals surface area contributed by atoms with Crippen molar-refractivity contribution in [1.29, 1.82) is 0 Å². The molecule has 2 saturated heterocycles. The lowest BCUT2D eigenvalue weighted by Crippen LogP contribution is -2.49. The van der Waals surface area contributed by atoms with Crippen molar-refractivity contribution in [1.82, 2.24) is 25.2 Å². The first-order valence-electron chi connectivity index (χ1n) is 19.7. The Morgan fingerprint density at radius 1 is 0.857 bits per heavy atom. The molecular weight excluding hydrogens is 743 g/mol. The molecule has 4 N–H and O–H groups in total. The van der Waals surface area contributed by atoms with Gasteiger partial charge in [0.1, 0.15) is 11.6 Å². The number of hydrogen-bond donors (Lipinski definition) is 4. The van der Waals surface area contributed by atoms with Gasteiger partial charge in [0, 0.05) is 51.6 Å². The van der Waals surface area contributed by atoms with Gasteiger partial charge in [-0.3, -0.25) is 14.4 Å². The van der Waals surface area contributed by atoms with E-state index in [1.165, 1.54) is 17.0 Å². The number of esters is 1. The van der Waals surface area contributed by atoms with Crippen LogP contribution in [0.4, 0.5) is 9.59 Å². The minimum Gasteiger partial charge on any atom is -0.465 e. The molecular formula is C40H59N5O10S.